The summed E-state index contributed by atoms with van der Waals surface area (Å²) < 4.78 is 5.71. The van der Waals surface area contributed by atoms with Gasteiger partial charge < -0.3 is 30.4 Å². The van der Waals surface area contributed by atoms with Gasteiger partial charge in [-0.05, 0) is 105 Å². The zero-order valence-corrected chi connectivity index (χ0v) is 25.2. The normalized spacial score (nSPS) is 41.6. The molecular formula is C30H51N5O5. The quantitative estimate of drug-likeness (QED) is 0.253. The molecule has 0 bridgehead atoms. The van der Waals surface area contributed by atoms with Crippen molar-refractivity contribution in [3.8, 4) is 0 Å². The number of hydrogen-bond donors (Lipinski definition) is 5. The Kier molecular flexibility index (Phi) is 8.91. The lowest BCUT2D eigenvalue weighted by atomic mass is 9.43. The van der Waals surface area contributed by atoms with E-state index >= 15 is 0 Å². The predicted octanol–water partition coefficient (Wildman–Crippen LogP) is 3.50. The largest absolute Gasteiger partial charge is 0.446 e. The number of nitrogens with zero attached hydrogens (tertiary/aromatic N) is 2. The van der Waals surface area contributed by atoms with Crippen molar-refractivity contribution >= 4 is 23.8 Å². The Balaban J connectivity index is 1.44. The molecule has 6 N–H and O–H groups in total. The number of aliphatic hydroxyl groups is 2. The Morgan fingerprint density at radius 3 is 2.50 bits per heavy atom. The Labute approximate surface area is 239 Å². The number of amides is 1. The Bertz CT molecular complexity index is 1020. The molecule has 0 aromatic heterocycles. The number of guanidine groups is 2. The molecule has 4 fully saturated rings. The van der Waals surface area contributed by atoms with Gasteiger partial charge in [0.25, 0.3) is 0 Å². The van der Waals surface area contributed by atoms with E-state index in [1.54, 1.807) is 21.0 Å². The Hall–Kier alpha value is -2.20. The third-order valence-electron chi connectivity index (χ3n) is 11.6. The number of Topliss-reactive ketones (excluding diaryl/α,β-unsaturated/α-hetero) is 1. The molecule has 4 aliphatic rings. The molecule has 0 saturated heterocycles. The standard InChI is InChI=1S/C30H51N5O5/c1-16(7-8-17(2)36)20-9-10-21-25-22(15-24(38)30(20,21)4)29(3)12-11-19(13-18(29)14-23(25)37)40-28(39)34-26(31)33-27(32)35(5)6/h16,18-25,37-38H,7-15H2,1-6H3,(H4,31,32,33,34,39)/t16-,18+,19-,20-,21+,22+,23-,24+,25+,29+,30-/m1/s1. The first-order valence-corrected chi connectivity index (χ1v) is 15.1. The van der Waals surface area contributed by atoms with E-state index in [0.29, 0.717) is 43.9 Å². The number of alkyl carbamates (subject to hydrolysis) is 1. The number of aliphatic hydroxyl groups excluding tert-OH is 2. The molecule has 0 spiro atoms. The number of ketones is 1. The summed E-state index contributed by atoms with van der Waals surface area (Å²) in [6.07, 6.45) is 5.26. The van der Waals surface area contributed by atoms with Gasteiger partial charge in [-0.15, -0.1) is 0 Å². The van der Waals surface area contributed by atoms with Crippen LogP contribution in [0.4, 0.5) is 4.79 Å². The number of nitrogens with one attached hydrogen (secondary N) is 2. The van der Waals surface area contributed by atoms with Gasteiger partial charge in [0, 0.05) is 20.5 Å². The van der Waals surface area contributed by atoms with Gasteiger partial charge in [0.1, 0.15) is 11.9 Å². The maximum absolute atomic E-state index is 12.5. The van der Waals surface area contributed by atoms with Crippen LogP contribution in [0.25, 0.3) is 0 Å². The number of carbonyl (C=O) groups excluding carboxylic acids is 2. The molecule has 0 radical (unpaired) electrons. The topological polar surface area (TPSA) is 161 Å². The fourth-order valence-corrected chi connectivity index (χ4v) is 9.38. The third-order valence-corrected chi connectivity index (χ3v) is 11.6. The molecule has 11 atom stereocenters. The third kappa shape index (κ3) is 5.62. The van der Waals surface area contributed by atoms with E-state index in [4.69, 9.17) is 15.9 Å². The minimum absolute atomic E-state index is 0.0395. The van der Waals surface area contributed by atoms with Gasteiger partial charge in [-0.3, -0.25) is 10.7 Å². The van der Waals surface area contributed by atoms with Gasteiger partial charge in [0.05, 0.1) is 12.2 Å². The van der Waals surface area contributed by atoms with Crippen LogP contribution < -0.4 is 11.1 Å². The zero-order valence-electron chi connectivity index (χ0n) is 25.2. The van der Waals surface area contributed by atoms with Crippen LogP contribution in [-0.2, 0) is 9.53 Å². The van der Waals surface area contributed by atoms with Crippen LogP contribution in [0.2, 0.25) is 0 Å². The summed E-state index contributed by atoms with van der Waals surface area (Å²) in [5.74, 6) is 1.49. The second-order valence-electron chi connectivity index (χ2n) is 14.0. The van der Waals surface area contributed by atoms with Crippen molar-refractivity contribution in [2.45, 2.75) is 104 Å². The molecule has 40 heavy (non-hydrogen) atoms. The van der Waals surface area contributed by atoms with Crippen molar-refractivity contribution in [3.05, 3.63) is 0 Å². The zero-order chi connectivity index (χ0) is 29.6. The van der Waals surface area contributed by atoms with Crippen LogP contribution in [0, 0.1) is 51.7 Å². The van der Waals surface area contributed by atoms with Gasteiger partial charge in [-0.1, -0.05) is 20.8 Å². The van der Waals surface area contributed by atoms with Crippen LogP contribution in [0.3, 0.4) is 0 Å². The molecule has 10 nitrogen and oxygen atoms in total. The maximum atomic E-state index is 12.5. The molecule has 0 aromatic carbocycles. The van der Waals surface area contributed by atoms with Crippen LogP contribution in [0.5, 0.6) is 0 Å². The molecule has 4 rings (SSSR count). The SMILES string of the molecule is CC(=O)CC[C@@H](C)[C@H]1CC[C@H]2[C@@H]3[C@H](O)C[C@@H]4C[C@H](OC(=O)NC(N)=NC(=N)N(C)C)CC[C@]4(C)[C@H]3C[C@H](O)[C@]12C. The number of hydrogen-bond acceptors (Lipinski definition) is 6. The average Bonchev–Trinajstić information content (AvgIpc) is 3.22. The minimum Gasteiger partial charge on any atom is -0.446 e. The smallest absolute Gasteiger partial charge is 0.414 e. The summed E-state index contributed by atoms with van der Waals surface area (Å²) in [5.41, 5.74) is 5.48. The van der Waals surface area contributed by atoms with E-state index in [9.17, 15) is 19.8 Å². The Morgan fingerprint density at radius 1 is 1.15 bits per heavy atom. The second-order valence-corrected chi connectivity index (χ2v) is 14.0. The molecule has 0 unspecified atom stereocenters. The van der Waals surface area contributed by atoms with Crippen LogP contribution in [0.15, 0.2) is 4.99 Å². The van der Waals surface area contributed by atoms with Crippen LogP contribution >= 0.6 is 0 Å². The van der Waals surface area contributed by atoms with E-state index in [2.05, 4.69) is 31.1 Å². The van der Waals surface area contributed by atoms with Gasteiger partial charge in [-0.2, -0.15) is 4.99 Å². The van der Waals surface area contributed by atoms with E-state index < -0.39 is 18.3 Å². The van der Waals surface area contributed by atoms with Crippen molar-refractivity contribution in [3.63, 3.8) is 0 Å². The lowest BCUT2D eigenvalue weighted by molar-refractivity contribution is -0.206. The number of rotatable bonds is 5. The predicted molar refractivity (Wildman–Crippen MR) is 154 cm³/mol. The molecule has 226 valence electrons. The first-order valence-electron chi connectivity index (χ1n) is 15.1. The molecule has 0 aliphatic heterocycles. The number of carbonyl (C=O) groups is 2. The highest BCUT2D eigenvalue weighted by Crippen LogP contribution is 2.68. The van der Waals surface area contributed by atoms with Crippen molar-refractivity contribution in [2.24, 2.45) is 57.1 Å². The van der Waals surface area contributed by atoms with Gasteiger partial charge in [0.15, 0.2) is 0 Å². The highest BCUT2D eigenvalue weighted by molar-refractivity contribution is 5.99. The molecule has 0 heterocycles. The van der Waals surface area contributed by atoms with Crippen LogP contribution in [0.1, 0.15) is 85.5 Å². The summed E-state index contributed by atoms with van der Waals surface area (Å²) in [4.78, 5) is 29.4. The maximum Gasteiger partial charge on any atom is 0.414 e. The van der Waals surface area contributed by atoms with E-state index in [1.807, 2.05) is 0 Å². The van der Waals surface area contributed by atoms with Crippen molar-refractivity contribution in [2.75, 3.05) is 14.1 Å². The number of nitrogens with two attached hydrogens (primary N) is 1. The highest BCUT2D eigenvalue weighted by Gasteiger charge is 2.65. The Morgan fingerprint density at radius 2 is 1.85 bits per heavy atom. The second kappa shape index (κ2) is 11.6. The molecular weight excluding hydrogens is 510 g/mol. The van der Waals surface area contributed by atoms with Crippen LogP contribution in [-0.4, -0.2) is 71.3 Å². The fraction of sp³-hybridized carbons (Fsp3) is 0.867. The number of aliphatic imine (C=N–C) groups is 1. The van der Waals surface area contributed by atoms with E-state index in [-0.39, 0.29) is 58.3 Å². The molecule has 10 heteroatoms. The summed E-state index contributed by atoms with van der Waals surface area (Å²) in [5, 5.41) is 33.5. The lowest BCUT2D eigenvalue weighted by Crippen LogP contribution is -2.62. The summed E-state index contributed by atoms with van der Waals surface area (Å²) >= 11 is 0. The summed E-state index contributed by atoms with van der Waals surface area (Å²) in [7, 11) is 3.32. The number of fused-ring (bicyclic) bond motifs is 5. The fourth-order valence-electron chi connectivity index (χ4n) is 9.38. The van der Waals surface area contributed by atoms with Crippen molar-refractivity contribution < 1.29 is 24.5 Å². The van der Waals surface area contributed by atoms with Gasteiger partial charge in [0.2, 0.25) is 11.9 Å². The molecule has 4 saturated carbocycles. The summed E-state index contributed by atoms with van der Waals surface area (Å²) in [6, 6.07) is 0. The summed E-state index contributed by atoms with van der Waals surface area (Å²) in [6.45, 7) is 8.46. The van der Waals surface area contributed by atoms with E-state index in [0.717, 1.165) is 25.7 Å². The molecule has 4 aliphatic carbocycles. The van der Waals surface area contributed by atoms with Gasteiger partial charge >= 0.3 is 6.09 Å². The van der Waals surface area contributed by atoms with Crippen molar-refractivity contribution in [1.29, 1.82) is 5.41 Å². The van der Waals surface area contributed by atoms with E-state index in [1.165, 1.54) is 4.90 Å². The average molecular weight is 562 g/mol. The monoisotopic (exact) mass is 561 g/mol. The first-order chi connectivity index (χ1) is 18.7. The highest BCUT2D eigenvalue weighted by atomic mass is 16.6. The number of ether oxygens (including phenoxy) is 1. The van der Waals surface area contributed by atoms with Crippen molar-refractivity contribution in [1.82, 2.24) is 10.2 Å². The minimum atomic E-state index is -0.685. The van der Waals surface area contributed by atoms with Gasteiger partial charge in [-0.25, -0.2) is 4.79 Å². The lowest BCUT2D eigenvalue weighted by Gasteiger charge is -2.63. The molecule has 0 aromatic rings. The molecule has 1 amide bonds. The first kappa shape index (κ1) is 30.8.